The van der Waals surface area contributed by atoms with Gasteiger partial charge in [0.25, 0.3) is 0 Å². The molecule has 24 heavy (non-hydrogen) atoms. The summed E-state index contributed by atoms with van der Waals surface area (Å²) in [5, 5.41) is -0.0296. The lowest BCUT2D eigenvalue weighted by Crippen LogP contribution is -2.30. The zero-order chi connectivity index (χ0) is 17.5. The number of ether oxygens (including phenoxy) is 1. The van der Waals surface area contributed by atoms with Gasteiger partial charge in [-0.2, -0.15) is 11.8 Å². The highest BCUT2D eigenvalue weighted by atomic mass is 35.5. The molecule has 0 amide bonds. The Kier molecular flexibility index (Phi) is 4.92. The predicted molar refractivity (Wildman–Crippen MR) is 91.9 cm³/mol. The van der Waals surface area contributed by atoms with Crippen LogP contribution in [0.4, 0.5) is 4.39 Å². The first-order chi connectivity index (χ1) is 11.3. The van der Waals surface area contributed by atoms with Crippen molar-refractivity contribution in [2.75, 3.05) is 17.8 Å². The lowest BCUT2D eigenvalue weighted by atomic mass is 10.1. The van der Waals surface area contributed by atoms with Crippen LogP contribution in [0.3, 0.4) is 0 Å². The number of nitrogens with one attached hydrogen (secondary N) is 1. The molecule has 3 rings (SSSR count). The molecule has 0 aliphatic carbocycles. The minimum atomic E-state index is -3.45. The van der Waals surface area contributed by atoms with Gasteiger partial charge in [-0.15, -0.1) is 0 Å². The van der Waals surface area contributed by atoms with Crippen molar-refractivity contribution in [1.82, 2.24) is 9.97 Å². The standard InChI is InChI=1S/C15H16ClFN2O3S2/c1-8-15(24(2,20)21)19-14(18-8)13(22-10-6-23-7-10)9-3-4-12(17)11(16)5-9/h3-5,10,13H,6-7H2,1-2H3,(H,18,19). The maximum absolute atomic E-state index is 13.5. The van der Waals surface area contributed by atoms with Gasteiger partial charge in [-0.1, -0.05) is 17.7 Å². The highest BCUT2D eigenvalue weighted by molar-refractivity contribution is 8.00. The van der Waals surface area contributed by atoms with E-state index in [-0.39, 0.29) is 16.2 Å². The first-order valence-electron chi connectivity index (χ1n) is 7.20. The Hall–Kier alpha value is -1.09. The van der Waals surface area contributed by atoms with Crippen LogP contribution in [0.1, 0.15) is 23.2 Å². The zero-order valence-corrected chi connectivity index (χ0v) is 15.4. The van der Waals surface area contributed by atoms with E-state index in [4.69, 9.17) is 16.3 Å². The van der Waals surface area contributed by atoms with Gasteiger partial charge in [0.2, 0.25) is 0 Å². The molecule has 1 atom stereocenters. The number of H-pyrrole nitrogens is 1. The second-order valence-corrected chi connectivity index (χ2v) is 9.09. The third kappa shape index (κ3) is 3.61. The lowest BCUT2D eigenvalue weighted by Gasteiger charge is -2.29. The van der Waals surface area contributed by atoms with E-state index >= 15 is 0 Å². The van der Waals surface area contributed by atoms with Crippen LogP contribution in [0.5, 0.6) is 0 Å². The number of halogens is 2. The second-order valence-electron chi connectivity index (χ2n) is 5.67. The van der Waals surface area contributed by atoms with Crippen molar-refractivity contribution in [3.63, 3.8) is 0 Å². The molecular weight excluding hydrogens is 375 g/mol. The molecule has 1 fully saturated rings. The molecule has 130 valence electrons. The Morgan fingerprint density at radius 1 is 1.46 bits per heavy atom. The number of imidazole rings is 1. The molecule has 1 aliphatic rings. The summed E-state index contributed by atoms with van der Waals surface area (Å²) in [6.45, 7) is 1.64. The van der Waals surface area contributed by atoms with Crippen molar-refractivity contribution in [1.29, 1.82) is 0 Å². The number of aryl methyl sites for hydroxylation is 1. The van der Waals surface area contributed by atoms with Crippen molar-refractivity contribution in [2.45, 2.75) is 24.2 Å². The number of hydrogen-bond acceptors (Lipinski definition) is 5. The van der Waals surface area contributed by atoms with Crippen molar-refractivity contribution in [3.8, 4) is 0 Å². The van der Waals surface area contributed by atoms with Gasteiger partial charge in [-0.25, -0.2) is 17.8 Å². The fourth-order valence-electron chi connectivity index (χ4n) is 2.41. The Morgan fingerprint density at radius 2 is 2.17 bits per heavy atom. The SMILES string of the molecule is Cc1[nH]c(C(OC2CSC2)c2ccc(F)c(Cl)c2)nc1S(C)(=O)=O. The second kappa shape index (κ2) is 6.67. The molecule has 1 aromatic carbocycles. The number of sulfone groups is 1. The number of hydrogen-bond donors (Lipinski definition) is 1. The minimum Gasteiger partial charge on any atom is -0.361 e. The summed E-state index contributed by atoms with van der Waals surface area (Å²) >= 11 is 7.64. The number of aromatic nitrogens is 2. The van der Waals surface area contributed by atoms with Crippen LogP contribution in [0.2, 0.25) is 5.02 Å². The monoisotopic (exact) mass is 390 g/mol. The highest BCUT2D eigenvalue weighted by Gasteiger charge is 2.29. The Morgan fingerprint density at radius 3 is 2.67 bits per heavy atom. The lowest BCUT2D eigenvalue weighted by molar-refractivity contribution is 0.0250. The van der Waals surface area contributed by atoms with Gasteiger partial charge >= 0.3 is 0 Å². The van der Waals surface area contributed by atoms with Gasteiger partial charge in [-0.3, -0.25) is 0 Å². The number of rotatable bonds is 5. The number of nitrogens with zero attached hydrogens (tertiary/aromatic N) is 1. The summed E-state index contributed by atoms with van der Waals surface area (Å²) in [6.07, 6.45) is 0.506. The van der Waals surface area contributed by atoms with E-state index < -0.39 is 21.8 Å². The number of thioether (sulfide) groups is 1. The largest absolute Gasteiger partial charge is 0.361 e. The van der Waals surface area contributed by atoms with Crippen molar-refractivity contribution in [3.05, 3.63) is 46.1 Å². The average molecular weight is 391 g/mol. The van der Waals surface area contributed by atoms with Crippen LogP contribution in [0, 0.1) is 12.7 Å². The molecule has 0 spiro atoms. The predicted octanol–water partition coefficient (Wildman–Crippen LogP) is 3.14. The summed E-state index contributed by atoms with van der Waals surface area (Å²) in [4.78, 5) is 7.19. The van der Waals surface area contributed by atoms with E-state index in [1.54, 1.807) is 24.8 Å². The fraction of sp³-hybridized carbons (Fsp3) is 0.400. The van der Waals surface area contributed by atoms with Crippen LogP contribution < -0.4 is 0 Å². The number of aromatic amines is 1. The van der Waals surface area contributed by atoms with E-state index in [1.807, 2.05) is 0 Å². The summed E-state index contributed by atoms with van der Waals surface area (Å²) in [5.74, 6) is 1.55. The third-order valence-electron chi connectivity index (χ3n) is 3.64. The molecule has 2 heterocycles. The van der Waals surface area contributed by atoms with E-state index in [0.717, 1.165) is 17.8 Å². The summed E-state index contributed by atoms with van der Waals surface area (Å²) < 4.78 is 43.1. The Labute approximate surface area is 148 Å². The normalized spacial score (nSPS) is 16.8. The molecular formula is C15H16ClFN2O3S2. The van der Waals surface area contributed by atoms with Crippen molar-refractivity contribution in [2.24, 2.45) is 0 Å². The first kappa shape index (κ1) is 17.7. The van der Waals surface area contributed by atoms with Gasteiger partial charge in [0.1, 0.15) is 17.7 Å². The Bertz CT molecular complexity index is 866. The van der Waals surface area contributed by atoms with Crippen molar-refractivity contribution >= 4 is 33.2 Å². The summed E-state index contributed by atoms with van der Waals surface area (Å²) in [5.41, 5.74) is 1.06. The van der Waals surface area contributed by atoms with Gasteiger partial charge in [0.05, 0.1) is 16.8 Å². The minimum absolute atomic E-state index is 0.0118. The summed E-state index contributed by atoms with van der Waals surface area (Å²) in [6, 6.07) is 4.30. The van der Waals surface area contributed by atoms with Gasteiger partial charge in [0.15, 0.2) is 14.9 Å². The third-order valence-corrected chi connectivity index (χ3v) is 6.24. The zero-order valence-electron chi connectivity index (χ0n) is 13.0. The Balaban J connectivity index is 2.02. The molecule has 1 aromatic heterocycles. The molecule has 2 aromatic rings. The maximum Gasteiger partial charge on any atom is 0.194 e. The first-order valence-corrected chi connectivity index (χ1v) is 10.6. The van der Waals surface area contributed by atoms with Crippen LogP contribution >= 0.6 is 23.4 Å². The molecule has 0 radical (unpaired) electrons. The molecule has 9 heteroatoms. The van der Waals surface area contributed by atoms with Crippen LogP contribution in [-0.2, 0) is 14.6 Å². The fourth-order valence-corrected chi connectivity index (χ4v) is 4.06. The quantitative estimate of drug-likeness (QED) is 0.849. The van der Waals surface area contributed by atoms with Gasteiger partial charge < -0.3 is 9.72 Å². The van der Waals surface area contributed by atoms with E-state index in [9.17, 15) is 12.8 Å². The smallest absolute Gasteiger partial charge is 0.194 e. The van der Waals surface area contributed by atoms with E-state index in [2.05, 4.69) is 9.97 Å². The van der Waals surface area contributed by atoms with E-state index in [1.165, 1.54) is 12.1 Å². The average Bonchev–Trinajstić information content (AvgIpc) is 2.83. The highest BCUT2D eigenvalue weighted by Crippen LogP contribution is 2.33. The van der Waals surface area contributed by atoms with Gasteiger partial charge in [0, 0.05) is 17.8 Å². The van der Waals surface area contributed by atoms with E-state index in [0.29, 0.717) is 17.1 Å². The molecule has 1 unspecified atom stereocenters. The van der Waals surface area contributed by atoms with Crippen LogP contribution in [-0.4, -0.2) is 42.3 Å². The van der Waals surface area contributed by atoms with Crippen LogP contribution in [0.15, 0.2) is 23.2 Å². The number of benzene rings is 1. The summed E-state index contributed by atoms with van der Waals surface area (Å²) in [7, 11) is -3.45. The molecule has 1 N–H and O–H groups in total. The molecule has 0 saturated carbocycles. The maximum atomic E-state index is 13.5. The van der Waals surface area contributed by atoms with Crippen molar-refractivity contribution < 1.29 is 17.5 Å². The molecule has 1 aliphatic heterocycles. The molecule has 5 nitrogen and oxygen atoms in total. The van der Waals surface area contributed by atoms with Gasteiger partial charge in [-0.05, 0) is 24.6 Å². The molecule has 0 bridgehead atoms. The van der Waals surface area contributed by atoms with Crippen LogP contribution in [0.25, 0.3) is 0 Å². The molecule has 1 saturated heterocycles. The topological polar surface area (TPSA) is 72.0 Å².